The van der Waals surface area contributed by atoms with Crippen molar-refractivity contribution in [2.45, 2.75) is 20.0 Å². The highest BCUT2D eigenvalue weighted by Crippen LogP contribution is 2.33. The molecule has 0 radical (unpaired) electrons. The average molecular weight is 413 g/mol. The van der Waals surface area contributed by atoms with E-state index >= 15 is 0 Å². The van der Waals surface area contributed by atoms with Gasteiger partial charge in [0.1, 0.15) is 0 Å². The fourth-order valence-electron chi connectivity index (χ4n) is 2.98. The van der Waals surface area contributed by atoms with E-state index in [1.54, 1.807) is 0 Å². The van der Waals surface area contributed by atoms with E-state index < -0.39 is 24.3 Å². The summed E-state index contributed by atoms with van der Waals surface area (Å²) in [6.07, 6.45) is -0.388. The monoisotopic (exact) mass is 413 g/mol. The SMILES string of the molecule is COc1cc2c(CC(=O)O)c(C)n(C(=O)c3csc(OC(F)F)c3)c2cc1F. The number of hydrogen-bond acceptors (Lipinski definition) is 5. The van der Waals surface area contributed by atoms with Crippen molar-refractivity contribution in [1.29, 1.82) is 0 Å². The van der Waals surface area contributed by atoms with Crippen LogP contribution in [0.4, 0.5) is 13.2 Å². The van der Waals surface area contributed by atoms with Gasteiger partial charge in [-0.1, -0.05) is 0 Å². The minimum atomic E-state index is -3.03. The number of carbonyl (C=O) groups is 2. The number of alkyl halides is 2. The molecule has 148 valence electrons. The van der Waals surface area contributed by atoms with Gasteiger partial charge in [0.05, 0.1) is 24.6 Å². The molecular formula is C18H14F3NO5S. The van der Waals surface area contributed by atoms with E-state index in [1.165, 1.54) is 25.5 Å². The molecule has 1 N–H and O–H groups in total. The number of halogens is 3. The second-order valence-corrected chi connectivity index (χ2v) is 6.69. The molecule has 28 heavy (non-hydrogen) atoms. The first-order valence-electron chi connectivity index (χ1n) is 7.90. The van der Waals surface area contributed by atoms with E-state index in [-0.39, 0.29) is 28.3 Å². The van der Waals surface area contributed by atoms with Gasteiger partial charge in [0.2, 0.25) is 0 Å². The minimum absolute atomic E-state index is 0.0544. The second kappa shape index (κ2) is 7.55. The summed E-state index contributed by atoms with van der Waals surface area (Å²) in [5, 5.41) is 10.7. The summed E-state index contributed by atoms with van der Waals surface area (Å²) in [6, 6.07) is 3.56. The van der Waals surface area contributed by atoms with Crippen LogP contribution in [-0.2, 0) is 11.2 Å². The lowest BCUT2D eigenvalue weighted by Crippen LogP contribution is -2.13. The first-order chi connectivity index (χ1) is 13.2. The molecule has 3 rings (SSSR count). The molecule has 0 spiro atoms. The molecule has 0 aliphatic rings. The zero-order valence-corrected chi connectivity index (χ0v) is 15.5. The Labute approximate surface area is 160 Å². The van der Waals surface area contributed by atoms with Crippen molar-refractivity contribution in [3.63, 3.8) is 0 Å². The van der Waals surface area contributed by atoms with Crippen molar-refractivity contribution in [3.05, 3.63) is 46.2 Å². The molecular weight excluding hydrogens is 399 g/mol. The van der Waals surface area contributed by atoms with Crippen LogP contribution in [0.1, 0.15) is 21.6 Å². The lowest BCUT2D eigenvalue weighted by atomic mass is 10.1. The predicted molar refractivity (Wildman–Crippen MR) is 95.2 cm³/mol. The summed E-state index contributed by atoms with van der Waals surface area (Å²) >= 11 is 0.814. The van der Waals surface area contributed by atoms with Gasteiger partial charge in [0.15, 0.2) is 16.6 Å². The normalized spacial score (nSPS) is 11.2. The smallest absolute Gasteiger partial charge is 0.388 e. The molecule has 6 nitrogen and oxygen atoms in total. The lowest BCUT2D eigenvalue weighted by molar-refractivity contribution is -0.136. The van der Waals surface area contributed by atoms with Crippen LogP contribution in [-0.4, -0.2) is 35.3 Å². The average Bonchev–Trinajstić information content (AvgIpc) is 3.16. The highest BCUT2D eigenvalue weighted by atomic mass is 32.1. The Balaban J connectivity index is 2.18. The van der Waals surface area contributed by atoms with Crippen LogP contribution in [0, 0.1) is 12.7 Å². The first-order valence-corrected chi connectivity index (χ1v) is 8.78. The molecule has 0 saturated carbocycles. The Hall–Kier alpha value is -3.01. The summed E-state index contributed by atoms with van der Waals surface area (Å²) in [7, 11) is 1.27. The molecule has 0 saturated heterocycles. The van der Waals surface area contributed by atoms with E-state index in [0.717, 1.165) is 28.0 Å². The van der Waals surface area contributed by atoms with Gasteiger partial charge in [0.25, 0.3) is 5.91 Å². The third kappa shape index (κ3) is 3.55. The van der Waals surface area contributed by atoms with E-state index in [4.69, 9.17) is 4.74 Å². The summed E-state index contributed by atoms with van der Waals surface area (Å²) in [6.45, 7) is -1.50. The standard InChI is InChI=1S/C18H14F3NO5S/c1-8-10(5-15(23)24)11-4-14(26-2)12(19)6-13(11)22(8)17(25)9-3-16(28-7-9)27-18(20)21/h3-4,6-7,18H,5H2,1-2H3,(H,23,24). The van der Waals surface area contributed by atoms with Gasteiger partial charge < -0.3 is 14.6 Å². The molecule has 0 fully saturated rings. The number of aliphatic carboxylic acids is 1. The molecule has 0 aliphatic heterocycles. The largest absolute Gasteiger partial charge is 0.494 e. The summed E-state index contributed by atoms with van der Waals surface area (Å²) in [4.78, 5) is 24.2. The van der Waals surface area contributed by atoms with Gasteiger partial charge in [-0.2, -0.15) is 8.78 Å². The third-order valence-electron chi connectivity index (χ3n) is 4.17. The van der Waals surface area contributed by atoms with Gasteiger partial charge in [-0.25, -0.2) is 4.39 Å². The van der Waals surface area contributed by atoms with Crippen molar-refractivity contribution >= 4 is 34.1 Å². The summed E-state index contributed by atoms with van der Waals surface area (Å²) < 4.78 is 49.3. The zero-order valence-electron chi connectivity index (χ0n) is 14.7. The number of methoxy groups -OCH3 is 1. The number of aromatic nitrogens is 1. The summed E-state index contributed by atoms with van der Waals surface area (Å²) in [5.41, 5.74) is 0.837. The van der Waals surface area contributed by atoms with Gasteiger partial charge in [-0.05, 0) is 18.6 Å². The number of carboxylic acids is 1. The van der Waals surface area contributed by atoms with Crippen LogP contribution in [0.3, 0.4) is 0 Å². The highest BCUT2D eigenvalue weighted by Gasteiger charge is 2.24. The van der Waals surface area contributed by atoms with E-state index in [0.29, 0.717) is 16.6 Å². The van der Waals surface area contributed by atoms with Crippen LogP contribution < -0.4 is 9.47 Å². The first kappa shape index (κ1) is 19.7. The Morgan fingerprint density at radius 2 is 2.00 bits per heavy atom. The van der Waals surface area contributed by atoms with Gasteiger partial charge in [-0.3, -0.25) is 14.2 Å². The van der Waals surface area contributed by atoms with Crippen molar-refractivity contribution in [2.75, 3.05) is 7.11 Å². The van der Waals surface area contributed by atoms with Crippen molar-refractivity contribution in [1.82, 2.24) is 4.57 Å². The maximum atomic E-state index is 14.2. The molecule has 0 bridgehead atoms. The van der Waals surface area contributed by atoms with Crippen molar-refractivity contribution in [3.8, 4) is 10.8 Å². The Morgan fingerprint density at radius 3 is 2.61 bits per heavy atom. The molecule has 0 amide bonds. The van der Waals surface area contributed by atoms with Crippen molar-refractivity contribution < 1.29 is 37.3 Å². The molecule has 0 atom stereocenters. The van der Waals surface area contributed by atoms with Crippen LogP contribution in [0.25, 0.3) is 10.9 Å². The van der Waals surface area contributed by atoms with E-state index in [1.807, 2.05) is 0 Å². The highest BCUT2D eigenvalue weighted by molar-refractivity contribution is 7.12. The summed E-state index contributed by atoms with van der Waals surface area (Å²) in [5.74, 6) is -2.56. The van der Waals surface area contributed by atoms with Gasteiger partial charge in [-0.15, -0.1) is 11.3 Å². The molecule has 0 aliphatic carbocycles. The van der Waals surface area contributed by atoms with Crippen LogP contribution in [0.2, 0.25) is 0 Å². The number of nitrogens with zero attached hydrogens (tertiary/aromatic N) is 1. The number of carboxylic acid groups (broad SMARTS) is 1. The van der Waals surface area contributed by atoms with E-state index in [9.17, 15) is 27.9 Å². The molecule has 2 heterocycles. The topological polar surface area (TPSA) is 77.8 Å². The Kier molecular flexibility index (Phi) is 5.32. The third-order valence-corrected chi connectivity index (χ3v) is 4.99. The predicted octanol–water partition coefficient (Wildman–Crippen LogP) is 4.08. The number of thiophene rings is 1. The van der Waals surface area contributed by atoms with Gasteiger partial charge >= 0.3 is 12.6 Å². The number of carbonyl (C=O) groups excluding carboxylic acids is 1. The molecule has 3 aromatic rings. The zero-order chi connectivity index (χ0) is 20.6. The maximum absolute atomic E-state index is 14.2. The quantitative estimate of drug-likeness (QED) is 0.659. The van der Waals surface area contributed by atoms with Crippen LogP contribution in [0.15, 0.2) is 23.6 Å². The van der Waals surface area contributed by atoms with Crippen LogP contribution >= 0.6 is 11.3 Å². The fraction of sp³-hybridized carbons (Fsp3) is 0.222. The molecule has 10 heteroatoms. The molecule has 0 unspecified atom stereocenters. The second-order valence-electron chi connectivity index (χ2n) is 5.81. The van der Waals surface area contributed by atoms with E-state index in [2.05, 4.69) is 4.74 Å². The van der Waals surface area contributed by atoms with Gasteiger partial charge in [0, 0.05) is 28.6 Å². The number of fused-ring (bicyclic) bond motifs is 1. The number of benzene rings is 1. The van der Waals surface area contributed by atoms with Crippen molar-refractivity contribution in [2.24, 2.45) is 0 Å². The number of hydrogen-bond donors (Lipinski definition) is 1. The Bertz CT molecular complexity index is 1070. The number of rotatable bonds is 6. The lowest BCUT2D eigenvalue weighted by Gasteiger charge is -2.07. The fourth-order valence-corrected chi connectivity index (χ4v) is 3.72. The number of ether oxygens (including phenoxy) is 2. The van der Waals surface area contributed by atoms with Crippen LogP contribution in [0.5, 0.6) is 10.8 Å². The maximum Gasteiger partial charge on any atom is 0.388 e. The Morgan fingerprint density at radius 1 is 1.29 bits per heavy atom. The molecule has 1 aromatic carbocycles. The molecule has 2 aromatic heterocycles. The minimum Gasteiger partial charge on any atom is -0.494 e.